The number of ether oxygens (including phenoxy) is 3. The molecule has 2 aromatic rings. The lowest BCUT2D eigenvalue weighted by Crippen LogP contribution is -2.37. The Morgan fingerprint density at radius 3 is 2.39 bits per heavy atom. The molecule has 0 radical (unpaired) electrons. The van der Waals surface area contributed by atoms with E-state index in [0.29, 0.717) is 36.0 Å². The van der Waals surface area contributed by atoms with Crippen LogP contribution >= 0.6 is 0 Å². The molecule has 2 fully saturated rings. The quantitative estimate of drug-likeness (QED) is 0.277. The zero-order chi connectivity index (χ0) is 25.8. The Balaban J connectivity index is 1.88. The summed E-state index contributed by atoms with van der Waals surface area (Å²) >= 11 is 0. The van der Waals surface area contributed by atoms with Crippen LogP contribution in [0.2, 0.25) is 0 Å². The Kier molecular flexibility index (Phi) is 7.87. The molecule has 7 nitrogen and oxygen atoms in total. The predicted octanol–water partition coefficient (Wildman–Crippen LogP) is 5.64. The number of carbonyl (C=O) groups is 2. The van der Waals surface area contributed by atoms with Crippen LogP contribution in [0, 0.1) is 0 Å². The number of hydrogen-bond acceptors (Lipinski definition) is 6. The van der Waals surface area contributed by atoms with Crippen molar-refractivity contribution in [2.45, 2.75) is 71.6 Å². The largest absolute Gasteiger partial charge is 0.507 e. The van der Waals surface area contributed by atoms with Gasteiger partial charge in [0.1, 0.15) is 23.0 Å². The highest BCUT2D eigenvalue weighted by Crippen LogP contribution is 2.45. The molecule has 1 atom stereocenters. The molecular weight excluding hydrogens is 458 g/mol. The van der Waals surface area contributed by atoms with E-state index in [9.17, 15) is 14.7 Å². The van der Waals surface area contributed by atoms with Crippen molar-refractivity contribution < 1.29 is 28.9 Å². The zero-order valence-electron chi connectivity index (χ0n) is 21.5. The topological polar surface area (TPSA) is 85.3 Å². The molecular formula is C29H35NO6. The molecule has 2 aromatic carbocycles. The van der Waals surface area contributed by atoms with Gasteiger partial charge in [0.15, 0.2) is 0 Å². The van der Waals surface area contributed by atoms with Crippen LogP contribution in [0.1, 0.15) is 70.5 Å². The van der Waals surface area contributed by atoms with Gasteiger partial charge in [-0.05, 0) is 70.4 Å². The van der Waals surface area contributed by atoms with Gasteiger partial charge < -0.3 is 24.2 Å². The third kappa shape index (κ3) is 5.06. The monoisotopic (exact) mass is 493 g/mol. The van der Waals surface area contributed by atoms with Gasteiger partial charge in [0.25, 0.3) is 11.7 Å². The maximum absolute atomic E-state index is 13.5. The summed E-state index contributed by atoms with van der Waals surface area (Å²) in [7, 11) is 0. The maximum atomic E-state index is 13.5. The van der Waals surface area contributed by atoms with E-state index in [1.54, 1.807) is 23.1 Å². The van der Waals surface area contributed by atoms with E-state index in [1.807, 2.05) is 52.0 Å². The highest BCUT2D eigenvalue weighted by atomic mass is 16.5. The maximum Gasteiger partial charge on any atom is 0.295 e. The second-order valence-corrected chi connectivity index (χ2v) is 9.41. The second kappa shape index (κ2) is 11.1. The van der Waals surface area contributed by atoms with Gasteiger partial charge in [-0.25, -0.2) is 0 Å². The van der Waals surface area contributed by atoms with Crippen molar-refractivity contribution in [2.24, 2.45) is 0 Å². The Morgan fingerprint density at radius 2 is 1.72 bits per heavy atom. The number of benzene rings is 2. The Morgan fingerprint density at radius 1 is 1.00 bits per heavy atom. The highest BCUT2D eigenvalue weighted by molar-refractivity contribution is 6.46. The summed E-state index contributed by atoms with van der Waals surface area (Å²) < 4.78 is 17.3. The summed E-state index contributed by atoms with van der Waals surface area (Å²) in [6.07, 6.45) is 3.64. The Labute approximate surface area is 212 Å². The van der Waals surface area contributed by atoms with Crippen LogP contribution in [0.5, 0.6) is 17.2 Å². The molecule has 1 aliphatic carbocycles. The molecule has 36 heavy (non-hydrogen) atoms. The summed E-state index contributed by atoms with van der Waals surface area (Å²) in [6.45, 7) is 8.46. The molecule has 1 heterocycles. The first-order chi connectivity index (χ1) is 17.3. The van der Waals surface area contributed by atoms with E-state index < -0.39 is 17.7 Å². The number of aliphatic hydroxyl groups excluding tert-OH is 1. The minimum atomic E-state index is -0.718. The minimum Gasteiger partial charge on any atom is -0.507 e. The summed E-state index contributed by atoms with van der Waals surface area (Å²) in [5.74, 6) is 0.127. The molecule has 192 valence electrons. The van der Waals surface area contributed by atoms with E-state index in [2.05, 4.69) is 0 Å². The first-order valence-corrected chi connectivity index (χ1v) is 12.8. The molecule has 1 saturated heterocycles. The first kappa shape index (κ1) is 25.6. The van der Waals surface area contributed by atoms with Crippen LogP contribution in [-0.4, -0.2) is 47.1 Å². The third-order valence-electron chi connectivity index (χ3n) is 6.56. The van der Waals surface area contributed by atoms with E-state index in [0.717, 1.165) is 31.2 Å². The van der Waals surface area contributed by atoms with E-state index in [1.165, 1.54) is 0 Å². The number of hydrogen-bond donors (Lipinski definition) is 1. The first-order valence-electron chi connectivity index (χ1n) is 12.8. The van der Waals surface area contributed by atoms with E-state index in [4.69, 9.17) is 14.2 Å². The summed E-state index contributed by atoms with van der Waals surface area (Å²) in [6, 6.07) is 11.7. The lowest BCUT2D eigenvalue weighted by Gasteiger charge is -2.31. The van der Waals surface area contributed by atoms with Crippen molar-refractivity contribution in [1.29, 1.82) is 0 Å². The fourth-order valence-electron chi connectivity index (χ4n) is 5.14. The smallest absolute Gasteiger partial charge is 0.295 e. The Hall–Kier alpha value is -3.48. The number of ketones is 1. The lowest BCUT2D eigenvalue weighted by molar-refractivity contribution is -0.141. The molecule has 4 rings (SSSR count). The number of aliphatic hydroxyl groups is 1. The van der Waals surface area contributed by atoms with Gasteiger partial charge >= 0.3 is 0 Å². The fraction of sp³-hybridized carbons (Fsp3) is 0.448. The molecule has 1 aliphatic heterocycles. The fourth-order valence-corrected chi connectivity index (χ4v) is 5.14. The van der Waals surface area contributed by atoms with E-state index in [-0.39, 0.29) is 23.5 Å². The SMILES string of the molecule is CCOc1ccc(/C(O)=C2/C(=O)C(=O)N(C3CCCC3)C2c2cccc(OC(C)C)c2)c(OCC)c1. The van der Waals surface area contributed by atoms with Crippen molar-refractivity contribution >= 4 is 17.4 Å². The van der Waals surface area contributed by atoms with Gasteiger partial charge in [0.2, 0.25) is 0 Å². The molecule has 7 heteroatoms. The number of Topliss-reactive ketones (excluding diaryl/α,β-unsaturated/α-hetero) is 1. The van der Waals surface area contributed by atoms with Gasteiger partial charge in [-0.2, -0.15) is 0 Å². The van der Waals surface area contributed by atoms with Crippen molar-refractivity contribution in [3.63, 3.8) is 0 Å². The van der Waals surface area contributed by atoms with Crippen LogP contribution in [0.15, 0.2) is 48.0 Å². The number of carbonyl (C=O) groups excluding carboxylic acids is 2. The average molecular weight is 494 g/mol. The summed E-state index contributed by atoms with van der Waals surface area (Å²) in [4.78, 5) is 28.5. The van der Waals surface area contributed by atoms with Crippen LogP contribution in [0.4, 0.5) is 0 Å². The average Bonchev–Trinajstić information content (AvgIpc) is 3.46. The second-order valence-electron chi connectivity index (χ2n) is 9.41. The van der Waals surface area contributed by atoms with Gasteiger partial charge in [-0.3, -0.25) is 9.59 Å². The molecule has 0 spiro atoms. The van der Waals surface area contributed by atoms with Crippen molar-refractivity contribution in [1.82, 2.24) is 4.90 Å². The third-order valence-corrected chi connectivity index (χ3v) is 6.56. The van der Waals surface area contributed by atoms with Crippen LogP contribution in [-0.2, 0) is 9.59 Å². The van der Waals surface area contributed by atoms with E-state index >= 15 is 0 Å². The lowest BCUT2D eigenvalue weighted by atomic mass is 9.94. The number of likely N-dealkylation sites (tertiary alicyclic amines) is 1. The van der Waals surface area contributed by atoms with Crippen LogP contribution in [0.25, 0.3) is 5.76 Å². The van der Waals surface area contributed by atoms with Crippen LogP contribution < -0.4 is 14.2 Å². The highest BCUT2D eigenvalue weighted by Gasteiger charge is 2.49. The minimum absolute atomic E-state index is 0.0287. The molecule has 2 aliphatic rings. The molecule has 1 saturated carbocycles. The molecule has 1 N–H and O–H groups in total. The molecule has 1 unspecified atom stereocenters. The molecule has 0 bridgehead atoms. The van der Waals surface area contributed by atoms with Crippen molar-refractivity contribution in [3.8, 4) is 17.2 Å². The number of rotatable bonds is 9. The standard InChI is InChI=1S/C29H35NO6/c1-5-34-21-14-15-23(24(17-21)35-6-2)27(31)25-26(19-10-9-13-22(16-19)36-18(3)4)30(29(33)28(25)32)20-11-7-8-12-20/h9-10,13-18,20,26,31H,5-8,11-12H2,1-4H3/b27-25-. The number of nitrogens with zero attached hydrogens (tertiary/aromatic N) is 1. The molecule has 0 aromatic heterocycles. The summed E-state index contributed by atoms with van der Waals surface area (Å²) in [5.41, 5.74) is 1.15. The van der Waals surface area contributed by atoms with Crippen molar-refractivity contribution in [2.75, 3.05) is 13.2 Å². The summed E-state index contributed by atoms with van der Waals surface area (Å²) in [5, 5.41) is 11.6. The van der Waals surface area contributed by atoms with Crippen molar-refractivity contribution in [3.05, 3.63) is 59.2 Å². The van der Waals surface area contributed by atoms with Gasteiger partial charge in [-0.1, -0.05) is 25.0 Å². The zero-order valence-corrected chi connectivity index (χ0v) is 21.5. The molecule has 1 amide bonds. The van der Waals surface area contributed by atoms with Gasteiger partial charge in [0.05, 0.1) is 36.5 Å². The number of amides is 1. The van der Waals surface area contributed by atoms with Gasteiger partial charge in [0, 0.05) is 12.1 Å². The van der Waals surface area contributed by atoms with Gasteiger partial charge in [-0.15, -0.1) is 0 Å². The normalized spacial score (nSPS) is 19.8. The van der Waals surface area contributed by atoms with Crippen LogP contribution in [0.3, 0.4) is 0 Å². The Bertz CT molecular complexity index is 1150. The predicted molar refractivity (Wildman–Crippen MR) is 137 cm³/mol.